The van der Waals surface area contributed by atoms with Gasteiger partial charge in [0.1, 0.15) is 11.5 Å². The van der Waals surface area contributed by atoms with E-state index in [9.17, 15) is 14.4 Å². The highest BCUT2D eigenvalue weighted by Gasteiger charge is 2.54. The van der Waals surface area contributed by atoms with Crippen LogP contribution >= 0.6 is 23.2 Å². The first kappa shape index (κ1) is 36.7. The lowest BCUT2D eigenvalue weighted by molar-refractivity contribution is -0.159. The normalized spacial score (nSPS) is 21.1. The quantitative estimate of drug-likeness (QED) is 0.146. The first-order valence-electron chi connectivity index (χ1n) is 16.6. The Kier molecular flexibility index (Phi) is 11.8. The Hall–Kier alpha value is -4.53. The zero-order chi connectivity index (χ0) is 36.0. The van der Waals surface area contributed by atoms with Gasteiger partial charge in [-0.15, -0.1) is 0 Å². The summed E-state index contributed by atoms with van der Waals surface area (Å²) in [7, 11) is 4.55. The molecule has 0 radical (unpaired) electrons. The molecule has 0 saturated heterocycles. The van der Waals surface area contributed by atoms with Crippen LogP contribution in [0.4, 0.5) is 11.4 Å². The standard InChI is InChI=1S/C21H22ClNO4.C19H20ClNO2/c1-4-21(20(25)27-3)16(13-8-10-14(26-2)11-9-13)12-15-17(22)6-5-7-18(15)23-19(21)24;1-3-14-15(12-7-9-13(23-2)10-8-12)11-16-17(20)5-4-6-18(16)21-19(14)22/h5-11,16H,4,12H2,1-3H3,(H,23,24);4-10,14-15H,3,11H2,1-2H3,(H,21,22). The molecule has 4 aromatic rings. The summed E-state index contributed by atoms with van der Waals surface area (Å²) in [4.78, 5) is 38.8. The second-order valence-electron chi connectivity index (χ2n) is 12.4. The van der Waals surface area contributed by atoms with Gasteiger partial charge in [0.05, 0.1) is 21.3 Å². The molecule has 8 nitrogen and oxygen atoms in total. The van der Waals surface area contributed by atoms with Crippen LogP contribution in [0.25, 0.3) is 0 Å². The minimum absolute atomic E-state index is 0.0642. The van der Waals surface area contributed by atoms with E-state index in [4.69, 9.17) is 37.4 Å². The van der Waals surface area contributed by atoms with Gasteiger partial charge in [-0.1, -0.05) is 73.4 Å². The smallest absolute Gasteiger partial charge is 0.322 e. The number of benzene rings is 4. The summed E-state index contributed by atoms with van der Waals surface area (Å²) >= 11 is 12.8. The number of ether oxygens (including phenoxy) is 3. The molecule has 0 spiro atoms. The minimum atomic E-state index is -1.36. The maximum Gasteiger partial charge on any atom is 0.322 e. The number of rotatable bonds is 7. The van der Waals surface area contributed by atoms with Crippen LogP contribution in [0.5, 0.6) is 11.5 Å². The predicted molar refractivity (Wildman–Crippen MR) is 198 cm³/mol. The highest BCUT2D eigenvalue weighted by molar-refractivity contribution is 6.32. The van der Waals surface area contributed by atoms with Crippen LogP contribution in [0.15, 0.2) is 84.9 Å². The Bertz CT molecular complexity index is 1850. The number of anilines is 2. The van der Waals surface area contributed by atoms with E-state index in [1.165, 1.54) is 7.11 Å². The van der Waals surface area contributed by atoms with Crippen molar-refractivity contribution in [2.45, 2.75) is 51.4 Å². The van der Waals surface area contributed by atoms with E-state index in [-0.39, 0.29) is 23.7 Å². The summed E-state index contributed by atoms with van der Waals surface area (Å²) in [5, 5.41) is 7.20. The molecule has 0 aromatic heterocycles. The molecule has 50 heavy (non-hydrogen) atoms. The molecule has 2 heterocycles. The third kappa shape index (κ3) is 7.18. The third-order valence-electron chi connectivity index (χ3n) is 10.0. The van der Waals surface area contributed by atoms with Crippen molar-refractivity contribution in [1.82, 2.24) is 0 Å². The van der Waals surface area contributed by atoms with Crippen molar-refractivity contribution in [2.24, 2.45) is 11.3 Å². The number of hydrogen-bond donors (Lipinski definition) is 2. The Labute approximate surface area is 303 Å². The number of esters is 1. The lowest BCUT2D eigenvalue weighted by Crippen LogP contribution is -2.47. The van der Waals surface area contributed by atoms with Gasteiger partial charge in [0.2, 0.25) is 11.8 Å². The molecule has 2 N–H and O–H groups in total. The Morgan fingerprint density at radius 3 is 1.76 bits per heavy atom. The molecule has 2 amide bonds. The van der Waals surface area contributed by atoms with Gasteiger partial charge in [0, 0.05) is 33.3 Å². The highest BCUT2D eigenvalue weighted by Crippen LogP contribution is 2.48. The second-order valence-corrected chi connectivity index (χ2v) is 13.2. The molecular weight excluding hydrogens is 675 g/mol. The van der Waals surface area contributed by atoms with Crippen LogP contribution in [-0.2, 0) is 32.0 Å². The molecule has 262 valence electrons. The maximum absolute atomic E-state index is 13.3. The van der Waals surface area contributed by atoms with Crippen molar-refractivity contribution >= 4 is 52.4 Å². The summed E-state index contributed by atoms with van der Waals surface area (Å²) < 4.78 is 15.5. The molecular formula is C40H42Cl2N2O6. The number of methoxy groups -OCH3 is 3. The SMILES string of the molecule is CCC1(C(=O)OC)C(=O)Nc2cccc(Cl)c2CC1c1ccc(OC)cc1.CCC1C(=O)Nc2cccc(Cl)c2CC1c1ccc(OC)cc1. The van der Waals surface area contributed by atoms with Crippen LogP contribution in [0.3, 0.4) is 0 Å². The number of carbonyl (C=O) groups excluding carboxylic acids is 3. The molecule has 0 bridgehead atoms. The first-order valence-corrected chi connectivity index (χ1v) is 17.4. The van der Waals surface area contributed by atoms with Crippen molar-refractivity contribution in [2.75, 3.05) is 32.0 Å². The van der Waals surface area contributed by atoms with Crippen LogP contribution in [-0.4, -0.2) is 39.1 Å². The molecule has 4 unspecified atom stereocenters. The Morgan fingerprint density at radius 2 is 1.26 bits per heavy atom. The first-order chi connectivity index (χ1) is 24.1. The molecule has 0 aliphatic carbocycles. The summed E-state index contributed by atoms with van der Waals surface area (Å²) in [5.41, 5.74) is 3.92. The fraction of sp³-hybridized carbons (Fsp3) is 0.325. The molecule has 0 fully saturated rings. The van der Waals surface area contributed by atoms with E-state index in [1.807, 2.05) is 73.7 Å². The van der Waals surface area contributed by atoms with E-state index in [0.29, 0.717) is 34.3 Å². The zero-order valence-electron chi connectivity index (χ0n) is 28.8. The van der Waals surface area contributed by atoms with Crippen LogP contribution in [0.1, 0.15) is 60.8 Å². The van der Waals surface area contributed by atoms with Gasteiger partial charge in [-0.05, 0) is 102 Å². The van der Waals surface area contributed by atoms with E-state index < -0.39 is 17.3 Å². The summed E-state index contributed by atoms with van der Waals surface area (Å²) in [6, 6.07) is 26.4. The van der Waals surface area contributed by atoms with Crippen LogP contribution in [0.2, 0.25) is 10.0 Å². The van der Waals surface area contributed by atoms with E-state index in [0.717, 1.165) is 46.5 Å². The minimum Gasteiger partial charge on any atom is -0.497 e. The second kappa shape index (κ2) is 16.0. The highest BCUT2D eigenvalue weighted by atomic mass is 35.5. The average Bonchev–Trinajstić information content (AvgIpc) is 3.37. The summed E-state index contributed by atoms with van der Waals surface area (Å²) in [6.07, 6.45) is 2.27. The van der Waals surface area contributed by atoms with Crippen molar-refractivity contribution < 1.29 is 28.6 Å². The lowest BCUT2D eigenvalue weighted by Gasteiger charge is -2.34. The molecule has 4 atom stereocenters. The average molecular weight is 718 g/mol. The molecule has 10 heteroatoms. The maximum atomic E-state index is 13.3. The number of amides is 2. The number of nitrogens with one attached hydrogen (secondary N) is 2. The predicted octanol–water partition coefficient (Wildman–Crippen LogP) is 8.85. The summed E-state index contributed by atoms with van der Waals surface area (Å²) in [6.45, 7) is 3.88. The zero-order valence-corrected chi connectivity index (χ0v) is 30.4. The van der Waals surface area contributed by atoms with Crippen molar-refractivity contribution in [3.8, 4) is 11.5 Å². The van der Waals surface area contributed by atoms with Crippen molar-refractivity contribution in [3.63, 3.8) is 0 Å². The fourth-order valence-corrected chi connectivity index (χ4v) is 7.69. The topological polar surface area (TPSA) is 103 Å². The summed E-state index contributed by atoms with van der Waals surface area (Å²) in [5.74, 6) is 0.259. The lowest BCUT2D eigenvalue weighted by atomic mass is 9.67. The van der Waals surface area contributed by atoms with Gasteiger partial charge in [-0.3, -0.25) is 14.4 Å². The fourth-order valence-electron chi connectivity index (χ4n) is 7.19. The third-order valence-corrected chi connectivity index (χ3v) is 10.7. The van der Waals surface area contributed by atoms with Crippen molar-refractivity contribution in [3.05, 3.63) is 117 Å². The van der Waals surface area contributed by atoms with E-state index in [1.54, 1.807) is 32.4 Å². The monoisotopic (exact) mass is 716 g/mol. The van der Waals surface area contributed by atoms with Gasteiger partial charge < -0.3 is 24.8 Å². The number of carbonyl (C=O) groups is 3. The van der Waals surface area contributed by atoms with E-state index in [2.05, 4.69) is 17.6 Å². The van der Waals surface area contributed by atoms with Gasteiger partial charge in [0.25, 0.3) is 0 Å². The van der Waals surface area contributed by atoms with Gasteiger partial charge in [-0.25, -0.2) is 0 Å². The molecule has 4 aromatic carbocycles. The largest absolute Gasteiger partial charge is 0.497 e. The van der Waals surface area contributed by atoms with Crippen LogP contribution < -0.4 is 20.1 Å². The van der Waals surface area contributed by atoms with Crippen LogP contribution in [0, 0.1) is 11.3 Å². The Balaban J connectivity index is 0.000000197. The van der Waals surface area contributed by atoms with Gasteiger partial charge in [0.15, 0.2) is 5.41 Å². The van der Waals surface area contributed by atoms with Gasteiger partial charge in [-0.2, -0.15) is 0 Å². The number of hydrogen-bond acceptors (Lipinski definition) is 6. The number of halogens is 2. The Morgan fingerprint density at radius 1 is 0.740 bits per heavy atom. The molecule has 2 aliphatic rings. The van der Waals surface area contributed by atoms with Crippen molar-refractivity contribution in [1.29, 1.82) is 0 Å². The molecule has 2 aliphatic heterocycles. The molecule has 0 saturated carbocycles. The number of fused-ring (bicyclic) bond motifs is 2. The molecule has 6 rings (SSSR count). The van der Waals surface area contributed by atoms with Gasteiger partial charge >= 0.3 is 5.97 Å². The van der Waals surface area contributed by atoms with E-state index >= 15 is 0 Å².